The third kappa shape index (κ3) is 4.88. The molecule has 0 atom stereocenters. The van der Waals surface area contributed by atoms with Gasteiger partial charge in [-0.05, 0) is 23.6 Å². The average Bonchev–Trinajstić information content (AvgIpc) is 3.17. The van der Waals surface area contributed by atoms with Crippen LogP contribution in [0.3, 0.4) is 0 Å². The number of rotatable bonds is 6. The number of para-hydroxylation sites is 1. The van der Waals surface area contributed by atoms with Crippen LogP contribution >= 0.6 is 11.3 Å². The monoisotopic (exact) mass is 464 g/mol. The molecule has 0 spiro atoms. The highest BCUT2D eigenvalue weighted by atomic mass is 32.1. The second-order valence-corrected chi connectivity index (χ2v) is 9.94. The summed E-state index contributed by atoms with van der Waals surface area (Å²) in [4.78, 5) is 31.9. The summed E-state index contributed by atoms with van der Waals surface area (Å²) in [7, 11) is 0. The summed E-state index contributed by atoms with van der Waals surface area (Å²) in [6.07, 6.45) is 0.439. The van der Waals surface area contributed by atoms with Crippen LogP contribution < -0.4 is 10.9 Å². The van der Waals surface area contributed by atoms with Crippen LogP contribution in [0, 0.1) is 10.1 Å². The molecule has 0 saturated carbocycles. The molecule has 3 N–H and O–H groups in total. The average molecular weight is 465 g/mol. The van der Waals surface area contributed by atoms with E-state index in [1.54, 1.807) is 0 Å². The van der Waals surface area contributed by atoms with Gasteiger partial charge in [-0.2, -0.15) is 0 Å². The van der Waals surface area contributed by atoms with Crippen LogP contribution in [-0.2, 0) is 18.4 Å². The number of hydrogen-bond donors (Lipinski definition) is 3. The molecule has 8 nitrogen and oxygen atoms in total. The number of hydrogen-bond acceptors (Lipinski definition) is 7. The van der Waals surface area contributed by atoms with Gasteiger partial charge in [-0.25, -0.2) is 4.98 Å². The number of nitro groups is 1. The van der Waals surface area contributed by atoms with Crippen LogP contribution in [-0.4, -0.2) is 20.0 Å². The Kier molecular flexibility index (Phi) is 5.90. The summed E-state index contributed by atoms with van der Waals surface area (Å²) in [5.41, 5.74) is 2.28. The Morgan fingerprint density at radius 2 is 1.91 bits per heavy atom. The first-order chi connectivity index (χ1) is 15.6. The van der Waals surface area contributed by atoms with Crippen molar-refractivity contribution in [2.75, 3.05) is 5.32 Å². The molecule has 0 bridgehead atoms. The lowest BCUT2D eigenvalue weighted by molar-refractivity contribution is -0.384. The summed E-state index contributed by atoms with van der Waals surface area (Å²) in [6.45, 7) is 6.37. The number of H-pyrrole nitrogens is 1. The van der Waals surface area contributed by atoms with E-state index in [-0.39, 0.29) is 29.0 Å². The molecule has 33 heavy (non-hydrogen) atoms. The predicted molar refractivity (Wildman–Crippen MR) is 130 cm³/mol. The Hall–Kier alpha value is -3.72. The van der Waals surface area contributed by atoms with Gasteiger partial charge in [0.15, 0.2) is 5.13 Å². The highest BCUT2D eigenvalue weighted by molar-refractivity contribution is 7.15. The first-order valence-electron chi connectivity index (χ1n) is 10.4. The van der Waals surface area contributed by atoms with Gasteiger partial charge in [-0.15, -0.1) is 11.3 Å². The van der Waals surface area contributed by atoms with Crippen molar-refractivity contribution < 1.29 is 10.0 Å². The maximum absolute atomic E-state index is 12.7. The van der Waals surface area contributed by atoms with E-state index >= 15 is 0 Å². The van der Waals surface area contributed by atoms with E-state index in [4.69, 9.17) is 4.98 Å². The first kappa shape index (κ1) is 22.5. The molecule has 0 amide bonds. The van der Waals surface area contributed by atoms with Crippen LogP contribution in [0.25, 0.3) is 10.9 Å². The summed E-state index contributed by atoms with van der Waals surface area (Å²) in [6, 6.07) is 13.5. The standard InChI is InChI=1S/C24H24N4O4S/c1-24(2,3)21-20(12-15-10-14-6-4-5-7-18(14)26-22(15)30)33-23(27-21)25-13-16-11-17(28(31)32)8-9-19(16)29/h4-11,29H,12-13H2,1-3H3,(H,25,27)(H,26,30). The number of anilines is 1. The summed E-state index contributed by atoms with van der Waals surface area (Å²) < 4.78 is 0. The number of nitrogens with one attached hydrogen (secondary N) is 2. The van der Waals surface area contributed by atoms with Crippen molar-refractivity contribution in [3.05, 3.63) is 90.7 Å². The smallest absolute Gasteiger partial charge is 0.270 e. The van der Waals surface area contributed by atoms with Gasteiger partial charge in [0.2, 0.25) is 0 Å². The molecule has 0 aliphatic carbocycles. The highest BCUT2D eigenvalue weighted by Crippen LogP contribution is 2.34. The van der Waals surface area contributed by atoms with E-state index in [0.717, 1.165) is 21.5 Å². The zero-order valence-corrected chi connectivity index (χ0v) is 19.3. The second-order valence-electron chi connectivity index (χ2n) is 8.85. The Labute approximate surface area is 194 Å². The molecule has 0 aliphatic rings. The van der Waals surface area contributed by atoms with Crippen molar-refractivity contribution in [3.8, 4) is 5.75 Å². The number of aromatic hydroxyl groups is 1. The molecule has 0 saturated heterocycles. The number of nitro benzene ring substituents is 1. The second kappa shape index (κ2) is 8.67. The van der Waals surface area contributed by atoms with Crippen molar-refractivity contribution in [3.63, 3.8) is 0 Å². The van der Waals surface area contributed by atoms with Crippen LogP contribution in [0.15, 0.2) is 53.3 Å². The number of pyridine rings is 1. The number of benzene rings is 2. The molecule has 4 rings (SSSR count). The summed E-state index contributed by atoms with van der Waals surface area (Å²) in [5.74, 6) is -0.0244. The van der Waals surface area contributed by atoms with Gasteiger partial charge in [0.25, 0.3) is 11.2 Å². The van der Waals surface area contributed by atoms with Crippen LogP contribution in [0.2, 0.25) is 0 Å². The molecule has 0 aliphatic heterocycles. The number of non-ortho nitro benzene ring substituents is 1. The largest absolute Gasteiger partial charge is 0.508 e. The quantitative estimate of drug-likeness (QED) is 0.270. The molecule has 170 valence electrons. The number of thiazole rings is 1. The minimum absolute atomic E-state index is 0.0244. The fourth-order valence-electron chi connectivity index (χ4n) is 3.63. The predicted octanol–water partition coefficient (Wildman–Crippen LogP) is 5.10. The van der Waals surface area contributed by atoms with E-state index in [1.165, 1.54) is 29.5 Å². The number of nitrogens with zero attached hydrogens (tertiary/aromatic N) is 2. The Balaban J connectivity index is 1.63. The summed E-state index contributed by atoms with van der Waals surface area (Å²) in [5, 5.41) is 25.9. The maximum atomic E-state index is 12.7. The normalized spacial score (nSPS) is 11.6. The lowest BCUT2D eigenvalue weighted by Crippen LogP contribution is -2.17. The van der Waals surface area contributed by atoms with Crippen molar-refractivity contribution >= 4 is 33.1 Å². The third-order valence-electron chi connectivity index (χ3n) is 5.29. The number of fused-ring (bicyclic) bond motifs is 1. The molecule has 4 aromatic rings. The van der Waals surface area contributed by atoms with E-state index in [2.05, 4.69) is 31.1 Å². The lowest BCUT2D eigenvalue weighted by Gasteiger charge is -2.17. The minimum Gasteiger partial charge on any atom is -0.508 e. The topological polar surface area (TPSA) is 121 Å². The zero-order chi connectivity index (χ0) is 23.8. The molecular weight excluding hydrogens is 440 g/mol. The van der Waals surface area contributed by atoms with Crippen molar-refractivity contribution in [1.82, 2.24) is 9.97 Å². The van der Waals surface area contributed by atoms with Gasteiger partial charge in [0.05, 0.1) is 10.6 Å². The van der Waals surface area contributed by atoms with Gasteiger partial charge in [0.1, 0.15) is 5.75 Å². The van der Waals surface area contributed by atoms with Gasteiger partial charge in [0, 0.05) is 52.0 Å². The molecule has 2 aromatic carbocycles. The zero-order valence-electron chi connectivity index (χ0n) is 18.5. The molecule has 0 radical (unpaired) electrons. The van der Waals surface area contributed by atoms with Crippen molar-refractivity contribution in [2.24, 2.45) is 0 Å². The molecule has 0 fully saturated rings. The highest BCUT2D eigenvalue weighted by Gasteiger charge is 2.24. The lowest BCUT2D eigenvalue weighted by atomic mass is 9.90. The van der Waals surface area contributed by atoms with E-state index in [0.29, 0.717) is 22.7 Å². The number of aromatic amines is 1. The van der Waals surface area contributed by atoms with Crippen LogP contribution in [0.1, 0.15) is 42.5 Å². The van der Waals surface area contributed by atoms with Crippen LogP contribution in [0.4, 0.5) is 10.8 Å². The van der Waals surface area contributed by atoms with E-state index in [9.17, 15) is 20.0 Å². The minimum atomic E-state index is -0.497. The Bertz CT molecular complexity index is 1400. The molecule has 0 unspecified atom stereocenters. The molecule has 2 aromatic heterocycles. The van der Waals surface area contributed by atoms with Gasteiger partial charge >= 0.3 is 0 Å². The maximum Gasteiger partial charge on any atom is 0.270 e. The van der Waals surface area contributed by atoms with E-state index in [1.807, 2.05) is 30.3 Å². The number of phenols is 1. The molecule has 9 heteroatoms. The Morgan fingerprint density at radius 1 is 1.15 bits per heavy atom. The van der Waals surface area contributed by atoms with E-state index < -0.39 is 4.92 Å². The van der Waals surface area contributed by atoms with Gasteiger partial charge in [-0.1, -0.05) is 39.0 Å². The van der Waals surface area contributed by atoms with Gasteiger partial charge < -0.3 is 15.4 Å². The fraction of sp³-hybridized carbons (Fsp3) is 0.250. The van der Waals surface area contributed by atoms with Crippen molar-refractivity contribution in [1.29, 1.82) is 0 Å². The molecule has 2 heterocycles. The van der Waals surface area contributed by atoms with Crippen molar-refractivity contribution in [2.45, 2.75) is 39.2 Å². The summed E-state index contributed by atoms with van der Waals surface area (Å²) >= 11 is 1.44. The number of aromatic nitrogens is 2. The third-order valence-corrected chi connectivity index (χ3v) is 6.31. The fourth-order valence-corrected chi connectivity index (χ4v) is 4.82. The SMILES string of the molecule is CC(C)(C)c1nc(NCc2cc([N+](=O)[O-])ccc2O)sc1Cc1cc2ccccc2[nH]c1=O. The molecular formula is C24H24N4O4S. The Morgan fingerprint density at radius 3 is 2.64 bits per heavy atom. The van der Waals surface area contributed by atoms with Gasteiger partial charge in [-0.3, -0.25) is 14.9 Å². The first-order valence-corrected chi connectivity index (χ1v) is 11.2. The number of phenolic OH excluding ortho intramolecular Hbond substituents is 1. The van der Waals surface area contributed by atoms with Crippen LogP contribution in [0.5, 0.6) is 5.75 Å².